The molecule has 1 heterocycles. The number of anilines is 3. The van der Waals surface area contributed by atoms with Crippen LogP contribution in [0.25, 0.3) is 0 Å². The fraction of sp³-hybridized carbons (Fsp3) is 0.0588. The average molecular weight is 302 g/mol. The van der Waals surface area contributed by atoms with Crippen molar-refractivity contribution in [3.63, 3.8) is 0 Å². The van der Waals surface area contributed by atoms with Crippen molar-refractivity contribution in [3.05, 3.63) is 71.9 Å². The van der Waals surface area contributed by atoms with Crippen LogP contribution in [0.4, 0.5) is 17.5 Å². The molecule has 0 aliphatic rings. The Balaban J connectivity index is 1.68. The summed E-state index contributed by atoms with van der Waals surface area (Å²) in [6, 6.07) is 19.3. The van der Waals surface area contributed by atoms with E-state index in [4.69, 9.17) is 5.26 Å². The number of nitrogens with one attached hydrogen (secondary N) is 2. The first-order valence-corrected chi connectivity index (χ1v) is 7.08. The largest absolute Gasteiger partial charge is 0.349 e. The van der Waals surface area contributed by atoms with Crippen LogP contribution < -0.4 is 10.6 Å². The zero-order valence-corrected chi connectivity index (χ0v) is 12.3. The van der Waals surface area contributed by atoms with E-state index < -0.39 is 0 Å². The number of aromatic nitrogens is 3. The number of nitrogens with zero attached hydrogens (tertiary/aromatic N) is 4. The third-order valence-corrected chi connectivity index (χ3v) is 3.12. The molecule has 3 aromatic rings. The van der Waals surface area contributed by atoms with Crippen molar-refractivity contribution in [1.82, 2.24) is 15.2 Å². The van der Waals surface area contributed by atoms with Gasteiger partial charge in [0.2, 0.25) is 5.95 Å². The van der Waals surface area contributed by atoms with Gasteiger partial charge < -0.3 is 10.6 Å². The van der Waals surface area contributed by atoms with E-state index in [0.717, 1.165) is 11.3 Å². The quantitative estimate of drug-likeness (QED) is 0.753. The lowest BCUT2D eigenvalue weighted by Gasteiger charge is -2.08. The molecule has 0 spiro atoms. The molecule has 0 fully saturated rings. The van der Waals surface area contributed by atoms with E-state index in [2.05, 4.69) is 31.9 Å². The Morgan fingerprint density at radius 1 is 1.04 bits per heavy atom. The Morgan fingerprint density at radius 3 is 2.74 bits per heavy atom. The molecule has 0 saturated heterocycles. The summed E-state index contributed by atoms with van der Waals surface area (Å²) in [4.78, 5) is 4.36. The zero-order chi connectivity index (χ0) is 15.9. The smallest absolute Gasteiger partial charge is 0.244 e. The minimum atomic E-state index is 0.440. The van der Waals surface area contributed by atoms with Gasteiger partial charge in [-0.15, -0.1) is 5.10 Å². The summed E-state index contributed by atoms with van der Waals surface area (Å²) in [5, 5.41) is 23.1. The summed E-state index contributed by atoms with van der Waals surface area (Å²) in [6.45, 7) is 0.621. The number of rotatable bonds is 5. The second kappa shape index (κ2) is 7.00. The summed E-state index contributed by atoms with van der Waals surface area (Å²) >= 11 is 0. The monoisotopic (exact) mass is 302 g/mol. The molecular weight excluding hydrogens is 288 g/mol. The maximum absolute atomic E-state index is 8.92. The highest BCUT2D eigenvalue weighted by atomic mass is 15.3. The summed E-state index contributed by atoms with van der Waals surface area (Å²) in [6.07, 6.45) is 1.53. The summed E-state index contributed by atoms with van der Waals surface area (Å²) in [7, 11) is 0. The van der Waals surface area contributed by atoms with Crippen molar-refractivity contribution in [3.8, 4) is 6.07 Å². The normalized spacial score (nSPS) is 9.87. The molecule has 1 aromatic heterocycles. The Morgan fingerprint density at radius 2 is 1.91 bits per heavy atom. The predicted octanol–water partition coefficient (Wildman–Crippen LogP) is 3.10. The lowest BCUT2D eigenvalue weighted by molar-refractivity contribution is 0.949. The number of nitriles is 1. The standard InChI is InChI=1S/C17H14N6/c18-10-14-7-4-8-15(9-14)21-16-12-20-23-17(22-16)19-11-13-5-2-1-3-6-13/h1-9,12H,11H2,(H2,19,21,22,23). The van der Waals surface area contributed by atoms with Crippen molar-refractivity contribution < 1.29 is 0 Å². The Kier molecular flexibility index (Phi) is 4.41. The molecule has 23 heavy (non-hydrogen) atoms. The van der Waals surface area contributed by atoms with Gasteiger partial charge in [-0.25, -0.2) is 0 Å². The minimum Gasteiger partial charge on any atom is -0.349 e. The van der Waals surface area contributed by atoms with E-state index in [-0.39, 0.29) is 0 Å². The van der Waals surface area contributed by atoms with Crippen LogP contribution in [0.2, 0.25) is 0 Å². The maximum atomic E-state index is 8.92. The second-order valence-electron chi connectivity index (χ2n) is 4.82. The molecule has 0 bridgehead atoms. The van der Waals surface area contributed by atoms with Crippen molar-refractivity contribution in [2.75, 3.05) is 10.6 Å². The molecule has 0 aliphatic heterocycles. The van der Waals surface area contributed by atoms with Gasteiger partial charge in [-0.1, -0.05) is 36.4 Å². The van der Waals surface area contributed by atoms with Crippen LogP contribution in [0.5, 0.6) is 0 Å². The second-order valence-corrected chi connectivity index (χ2v) is 4.82. The van der Waals surface area contributed by atoms with Gasteiger partial charge in [-0.05, 0) is 23.8 Å². The van der Waals surface area contributed by atoms with Crippen molar-refractivity contribution >= 4 is 17.5 Å². The van der Waals surface area contributed by atoms with Gasteiger partial charge in [0, 0.05) is 12.2 Å². The molecular formula is C17H14N6. The fourth-order valence-electron chi connectivity index (χ4n) is 2.03. The van der Waals surface area contributed by atoms with Gasteiger partial charge in [-0.3, -0.25) is 0 Å². The first kappa shape index (κ1) is 14.5. The molecule has 2 aromatic carbocycles. The molecule has 3 rings (SSSR count). The zero-order valence-electron chi connectivity index (χ0n) is 12.3. The van der Waals surface area contributed by atoms with Crippen LogP contribution in [0.1, 0.15) is 11.1 Å². The Bertz CT molecular complexity index is 826. The lowest BCUT2D eigenvalue weighted by atomic mass is 10.2. The Hall–Kier alpha value is -3.46. The summed E-state index contributed by atoms with van der Waals surface area (Å²) < 4.78 is 0. The molecule has 0 amide bonds. The molecule has 2 N–H and O–H groups in total. The van der Waals surface area contributed by atoms with E-state index in [1.807, 2.05) is 42.5 Å². The minimum absolute atomic E-state index is 0.440. The third kappa shape index (κ3) is 4.02. The van der Waals surface area contributed by atoms with E-state index in [1.54, 1.807) is 12.1 Å². The SMILES string of the molecule is N#Cc1cccc(Nc2cnnc(NCc3ccccc3)n2)c1. The number of hydrogen-bond acceptors (Lipinski definition) is 6. The van der Waals surface area contributed by atoms with E-state index >= 15 is 0 Å². The van der Waals surface area contributed by atoms with Gasteiger partial charge in [0.25, 0.3) is 0 Å². The molecule has 0 atom stereocenters. The van der Waals surface area contributed by atoms with Gasteiger partial charge >= 0.3 is 0 Å². The average Bonchev–Trinajstić information content (AvgIpc) is 2.61. The van der Waals surface area contributed by atoms with Gasteiger partial charge in [-0.2, -0.15) is 15.3 Å². The van der Waals surface area contributed by atoms with Gasteiger partial charge in [0.1, 0.15) is 0 Å². The molecule has 112 valence electrons. The molecule has 0 unspecified atom stereocenters. The van der Waals surface area contributed by atoms with E-state index in [9.17, 15) is 0 Å². The van der Waals surface area contributed by atoms with Crippen LogP contribution >= 0.6 is 0 Å². The number of benzene rings is 2. The highest BCUT2D eigenvalue weighted by Crippen LogP contribution is 2.15. The lowest BCUT2D eigenvalue weighted by Crippen LogP contribution is -2.06. The van der Waals surface area contributed by atoms with Crippen molar-refractivity contribution in [2.45, 2.75) is 6.54 Å². The molecule has 0 saturated carbocycles. The van der Waals surface area contributed by atoms with Crippen molar-refractivity contribution in [2.24, 2.45) is 0 Å². The van der Waals surface area contributed by atoms with E-state index in [1.165, 1.54) is 6.20 Å². The van der Waals surface area contributed by atoms with Crippen LogP contribution in [0.3, 0.4) is 0 Å². The van der Waals surface area contributed by atoms with Crippen molar-refractivity contribution in [1.29, 1.82) is 5.26 Å². The maximum Gasteiger partial charge on any atom is 0.244 e. The van der Waals surface area contributed by atoms with Gasteiger partial charge in [0.15, 0.2) is 5.82 Å². The van der Waals surface area contributed by atoms with Gasteiger partial charge in [0.05, 0.1) is 17.8 Å². The highest BCUT2D eigenvalue weighted by molar-refractivity contribution is 5.58. The van der Waals surface area contributed by atoms with Crippen LogP contribution in [-0.4, -0.2) is 15.2 Å². The molecule has 6 heteroatoms. The van der Waals surface area contributed by atoms with Crippen LogP contribution in [-0.2, 0) is 6.54 Å². The topological polar surface area (TPSA) is 86.5 Å². The first-order chi connectivity index (χ1) is 11.3. The molecule has 6 nitrogen and oxygen atoms in total. The van der Waals surface area contributed by atoms with E-state index in [0.29, 0.717) is 23.9 Å². The molecule has 0 radical (unpaired) electrons. The van der Waals surface area contributed by atoms with Crippen LogP contribution in [0, 0.1) is 11.3 Å². The molecule has 0 aliphatic carbocycles. The van der Waals surface area contributed by atoms with Crippen LogP contribution in [0.15, 0.2) is 60.8 Å². The summed E-state index contributed by atoms with van der Waals surface area (Å²) in [5.41, 5.74) is 2.49. The fourth-order valence-corrected chi connectivity index (χ4v) is 2.03. The third-order valence-electron chi connectivity index (χ3n) is 3.12. The first-order valence-electron chi connectivity index (χ1n) is 7.08. The predicted molar refractivity (Wildman–Crippen MR) is 88.0 cm³/mol. The number of hydrogen-bond donors (Lipinski definition) is 2. The summed E-state index contributed by atoms with van der Waals surface area (Å²) in [5.74, 6) is 1.00. The Labute approximate surface area is 133 Å². The highest BCUT2D eigenvalue weighted by Gasteiger charge is 2.02.